The summed E-state index contributed by atoms with van der Waals surface area (Å²) in [5.74, 6) is -0.332. The first-order valence-electron chi connectivity index (χ1n) is 34.7. The van der Waals surface area contributed by atoms with Crippen molar-refractivity contribution in [2.75, 3.05) is 68.8 Å². The van der Waals surface area contributed by atoms with Gasteiger partial charge in [-0.05, 0) is 81.8 Å². The number of hydrogen-bond donors (Lipinski definition) is 12. The van der Waals surface area contributed by atoms with Crippen molar-refractivity contribution in [1.29, 1.82) is 0 Å². The van der Waals surface area contributed by atoms with Crippen LogP contribution in [-0.4, -0.2) is 239 Å². The maximum Gasteiger partial charge on any atom is 0.386 e. The van der Waals surface area contributed by atoms with E-state index in [1.54, 1.807) is 34.6 Å². The van der Waals surface area contributed by atoms with Crippen molar-refractivity contribution in [2.45, 2.75) is 175 Å². The lowest BCUT2D eigenvalue weighted by Crippen LogP contribution is -2.52. The molecule has 16 rings (SSSR count). The molecule has 16 heterocycles. The summed E-state index contributed by atoms with van der Waals surface area (Å²) in [5.41, 5.74) is 23.7. The quantitative estimate of drug-likeness (QED) is 0.0219. The Morgan fingerprint density at radius 1 is 0.530 bits per heavy atom. The van der Waals surface area contributed by atoms with Gasteiger partial charge in [0, 0.05) is 43.5 Å². The van der Waals surface area contributed by atoms with Gasteiger partial charge in [-0.1, -0.05) is 12.2 Å². The van der Waals surface area contributed by atoms with Crippen LogP contribution in [0.15, 0.2) is 58.4 Å². The molecular formula is C57H74N21O27P5S5. The zero-order valence-corrected chi connectivity index (χ0v) is 69.1. The van der Waals surface area contributed by atoms with Crippen LogP contribution in [0.4, 0.5) is 29.2 Å². The maximum atomic E-state index is 14.6. The Hall–Kier alpha value is -5.53. The summed E-state index contributed by atoms with van der Waals surface area (Å²) in [6.07, 6.45) is -14.0. The van der Waals surface area contributed by atoms with Gasteiger partial charge in [0.15, 0.2) is 52.8 Å². The Morgan fingerprint density at radius 2 is 0.957 bits per heavy atom. The van der Waals surface area contributed by atoms with Crippen molar-refractivity contribution < 1.29 is 112 Å². The fraction of sp³-hybridized carbons (Fsp3) is 0.596. The summed E-state index contributed by atoms with van der Waals surface area (Å²) in [6.45, 7) is -18.6. The Labute approximate surface area is 672 Å². The molecule has 0 saturated carbocycles. The second kappa shape index (κ2) is 30.6. The average Bonchev–Trinajstić information content (AvgIpc) is 1.55. The molecule has 115 heavy (non-hydrogen) atoms. The SMILES string of the molecule is COP(O)(=S)O[C@@H]1C[C@H](n2cnc3c(=O)[nH]c(N)nc32)O[C@@H]1COP(=O)(S)O[C@@H]1C[C@H](n2cc(C)c(N)nc2=O)O[C@@H]1COP(O)(=S)O[C@@H]1C2O[C@@H](C)[C@]1(COP(O)(=S)O[C@@H]1C3O[C@@H](C)[C@]1(COP(O)(=S)O[C@@H]1C4O[C@@H](C)[C@]1(CO)O[C@H]4n1cnc4c(N)ncnc41)O[C@H]3n1cc(C)c(N)nc1=O)O[C@H]2n1cnc2c(N)ncnc21. The van der Waals surface area contributed by atoms with E-state index in [0.29, 0.717) is 11.1 Å². The molecule has 0 spiro atoms. The van der Waals surface area contributed by atoms with E-state index in [2.05, 4.69) is 67.1 Å². The van der Waals surface area contributed by atoms with E-state index in [-0.39, 0.29) is 75.6 Å². The summed E-state index contributed by atoms with van der Waals surface area (Å²) in [6, 6.07) is 0. The summed E-state index contributed by atoms with van der Waals surface area (Å²) < 4.78 is 134. The van der Waals surface area contributed by atoms with Gasteiger partial charge in [-0.25, -0.2) is 49.0 Å². The second-order valence-electron chi connectivity index (χ2n) is 28.0. The number of imidazole rings is 3. The largest absolute Gasteiger partial charge is 0.393 e. The summed E-state index contributed by atoms with van der Waals surface area (Å²) in [4.78, 5) is 132. The molecule has 8 aliphatic rings. The number of H-pyrrole nitrogens is 1. The van der Waals surface area contributed by atoms with Crippen molar-refractivity contribution in [3.05, 3.63) is 86.5 Å². The Bertz CT molecular complexity index is 5630. The standard InChI is InChI=1S/C57H74N21O27P5S5/c1-21-9-74(53(81)70-41(21)58)30-7-27(102-107(84,112)89-11-28-26(101-106(83,111)88-6)8-31(97-28)76-18-69-34-47(76)72-52(62)73-48(34)80)29(96-30)12-90-108(85,113)104-40-37-51(78-20-68-33-44(61)64-17-66-46(33)78)100-57(40,25(5)95-37)15-92-110(87,115)105-39-36-49(75-10-22(2)42(59)71-54(75)82)99-56(39,24(4)94-36)14-91-109(86,114)103-38-35-50(98-55(38,13-79)23(3)93-35)77-19-67-32-43(60)63-16-65-45(32)77/h9-10,16-20,23-31,35-40,49-51,79H,7-8,11-15H2,1-6H3,(H,83,111)(H,84,112)(H,85,113)(H,86,114)(H,87,115)(H2,58,70,81)(H2,59,71,82)(H2,60,63,65)(H2,61,64,66)(H3,62,72,73,80)/t23-,24-,25-,26+,27+,28+,29+,30+,31+,35?,36?,37?,38+,39+,40+,49+,50+,51+,55-,56-,57-,106?,107?,108?,109?,110?/m0/s1. The minimum absolute atomic E-state index is 0.00828. The van der Waals surface area contributed by atoms with E-state index >= 15 is 0 Å². The topological polar surface area (TPSA) is 635 Å². The van der Waals surface area contributed by atoms with Gasteiger partial charge in [-0.15, -0.1) is 0 Å². The lowest BCUT2D eigenvalue weighted by molar-refractivity contribution is -0.218. The Kier molecular flexibility index (Phi) is 22.1. The number of aliphatic hydroxyl groups is 1. The van der Waals surface area contributed by atoms with Gasteiger partial charge in [0.2, 0.25) is 5.95 Å². The molecule has 8 fully saturated rings. The first kappa shape index (κ1) is 83.1. The highest BCUT2D eigenvalue weighted by Crippen LogP contribution is 2.64. The highest BCUT2D eigenvalue weighted by atomic mass is 32.7. The number of hydrogen-bond acceptors (Lipinski definition) is 42. The van der Waals surface area contributed by atoms with Crippen molar-refractivity contribution in [2.24, 2.45) is 0 Å². The van der Waals surface area contributed by atoms with Crippen LogP contribution in [0.5, 0.6) is 0 Å². The molecule has 0 radical (unpaired) electrons. The van der Waals surface area contributed by atoms with Crippen LogP contribution in [-0.2, 0) is 135 Å². The lowest BCUT2D eigenvalue weighted by Gasteiger charge is -2.38. The maximum absolute atomic E-state index is 14.6. The van der Waals surface area contributed by atoms with Crippen molar-refractivity contribution in [3.8, 4) is 0 Å². The third kappa shape index (κ3) is 15.1. The fourth-order valence-electron chi connectivity index (χ4n) is 15.3. The molecule has 624 valence electrons. The number of aliphatic hydroxyl groups excluding tert-OH is 1. The normalized spacial score (nSPS) is 34.8. The van der Waals surface area contributed by atoms with Crippen LogP contribution in [0.2, 0.25) is 0 Å². The summed E-state index contributed by atoms with van der Waals surface area (Å²) in [7, 11) is 1.13. The third-order valence-electron chi connectivity index (χ3n) is 21.2. The molecule has 0 amide bonds. The van der Waals surface area contributed by atoms with E-state index in [1.807, 2.05) is 0 Å². The number of nitrogens with two attached hydrogens (primary N) is 5. The number of nitrogen functional groups attached to an aromatic ring is 5. The number of anilines is 5. The number of fused-ring (bicyclic) bond motifs is 9. The number of nitrogens with one attached hydrogen (secondary N) is 1. The summed E-state index contributed by atoms with van der Waals surface area (Å²) >= 11 is 26.9. The van der Waals surface area contributed by atoms with Gasteiger partial charge >= 0.3 is 45.1 Å². The molecule has 8 unspecified atom stereocenters. The third-order valence-corrected chi connectivity index (χ3v) is 29.1. The molecule has 58 heteroatoms. The highest BCUT2D eigenvalue weighted by molar-refractivity contribution is 8.44. The van der Waals surface area contributed by atoms with Crippen LogP contribution in [0.1, 0.15) is 75.9 Å². The smallest absolute Gasteiger partial charge is 0.386 e. The van der Waals surface area contributed by atoms with Crippen molar-refractivity contribution in [3.63, 3.8) is 0 Å². The van der Waals surface area contributed by atoms with Gasteiger partial charge in [0.05, 0.1) is 76.4 Å². The minimum Gasteiger partial charge on any atom is -0.393 e. The molecule has 0 aromatic carbocycles. The van der Waals surface area contributed by atoms with Gasteiger partial charge in [-0.3, -0.25) is 55.2 Å². The monoisotopic (exact) mass is 1800 g/mol. The van der Waals surface area contributed by atoms with E-state index in [9.17, 15) is 43.6 Å². The van der Waals surface area contributed by atoms with Crippen LogP contribution in [0.3, 0.4) is 0 Å². The molecular weight excluding hydrogens is 1730 g/mol. The lowest BCUT2D eigenvalue weighted by atomic mass is 9.94. The fourth-order valence-corrected chi connectivity index (χ4v) is 22.2. The summed E-state index contributed by atoms with van der Waals surface area (Å²) in [5, 5.41) is 11.1. The number of aryl methyl sites for hydroxylation is 2. The molecule has 8 aromatic rings. The van der Waals surface area contributed by atoms with E-state index in [4.69, 9.17) is 159 Å². The van der Waals surface area contributed by atoms with E-state index in [0.717, 1.165) is 16.2 Å². The number of aromatic nitrogens is 16. The molecule has 0 aliphatic carbocycles. The molecule has 8 aromatic heterocycles. The number of nitrogens with zero attached hydrogens (tertiary/aromatic N) is 15. The molecule has 8 aliphatic heterocycles. The van der Waals surface area contributed by atoms with Gasteiger partial charge < -0.3 is 114 Å². The zero-order valence-electron chi connectivity index (χ0n) is 60.5. The van der Waals surface area contributed by atoms with Crippen LogP contribution in [0, 0.1) is 13.8 Å². The minimum atomic E-state index is -4.84. The molecule has 8 saturated heterocycles. The predicted molar refractivity (Wildman–Crippen MR) is 411 cm³/mol. The molecule has 6 bridgehead atoms. The van der Waals surface area contributed by atoms with Crippen LogP contribution < -0.4 is 45.6 Å². The molecule has 48 nitrogen and oxygen atoms in total. The Balaban J connectivity index is 0.657. The van der Waals surface area contributed by atoms with E-state index < -0.39 is 211 Å². The predicted octanol–water partition coefficient (Wildman–Crippen LogP) is 0.117. The first-order valence-corrected chi connectivity index (χ1v) is 47.7. The van der Waals surface area contributed by atoms with Gasteiger partial charge in [0.1, 0.15) is 120 Å². The van der Waals surface area contributed by atoms with Crippen molar-refractivity contribution in [1.82, 2.24) is 77.7 Å². The number of rotatable bonds is 29. The second-order valence-corrected chi connectivity index (χ2v) is 42.1. The van der Waals surface area contributed by atoms with Crippen LogP contribution >= 0.6 is 45.9 Å². The van der Waals surface area contributed by atoms with E-state index in [1.165, 1.54) is 57.7 Å². The van der Waals surface area contributed by atoms with Crippen LogP contribution in [0.25, 0.3) is 33.5 Å². The Morgan fingerprint density at radius 3 is 1.47 bits per heavy atom. The van der Waals surface area contributed by atoms with Gasteiger partial charge in [0.25, 0.3) is 5.56 Å². The first-order chi connectivity index (χ1) is 54.3. The molecule has 26 atom stereocenters. The number of aromatic amines is 1. The highest BCUT2D eigenvalue weighted by Gasteiger charge is 2.72. The van der Waals surface area contributed by atoms with Crippen molar-refractivity contribution >= 4 is 156 Å². The zero-order chi connectivity index (χ0) is 81.9. The van der Waals surface area contributed by atoms with Gasteiger partial charge in [-0.2, -0.15) is 15.0 Å². The average molecular weight is 1800 g/mol. The molecule has 16 N–H and O–H groups in total. The number of thiol groups is 1. The number of ether oxygens (including phenoxy) is 8.